The summed E-state index contributed by atoms with van der Waals surface area (Å²) in [5.74, 6) is -1.96. The number of hydrogen-bond acceptors (Lipinski definition) is 4. The molecule has 18 heavy (non-hydrogen) atoms. The maximum atomic E-state index is 11.0. The summed E-state index contributed by atoms with van der Waals surface area (Å²) >= 11 is 0. The van der Waals surface area contributed by atoms with Crippen molar-refractivity contribution < 1.29 is 29.3 Å². The molecule has 1 aromatic rings. The Balaban J connectivity index is 3.08. The van der Waals surface area contributed by atoms with Crippen LogP contribution in [-0.2, 0) is 4.79 Å². The summed E-state index contributed by atoms with van der Waals surface area (Å²) in [6.07, 6.45) is -0.836. The van der Waals surface area contributed by atoms with E-state index in [-0.39, 0.29) is 17.7 Å². The van der Waals surface area contributed by atoms with Crippen LogP contribution >= 0.6 is 0 Å². The molecule has 1 rings (SSSR count). The molecular weight excluding hydrogens is 240 g/mol. The minimum Gasteiger partial charge on any atom is -0.497 e. The largest absolute Gasteiger partial charge is 0.497 e. The van der Waals surface area contributed by atoms with Crippen LogP contribution in [0.5, 0.6) is 11.5 Å². The van der Waals surface area contributed by atoms with Crippen LogP contribution in [0.15, 0.2) is 18.2 Å². The van der Waals surface area contributed by atoms with Gasteiger partial charge in [-0.3, -0.25) is 0 Å². The summed E-state index contributed by atoms with van der Waals surface area (Å²) in [4.78, 5) is 21.9. The first-order chi connectivity index (χ1) is 8.49. The second-order valence-electron chi connectivity index (χ2n) is 3.52. The average molecular weight is 254 g/mol. The SMILES string of the molecule is CCC(Oc1ccc(OC)cc1C(=O)O)C(=O)O. The molecular formula is C12H14O6. The molecule has 1 unspecified atom stereocenters. The highest BCUT2D eigenvalue weighted by atomic mass is 16.5. The van der Waals surface area contributed by atoms with Gasteiger partial charge in [0.1, 0.15) is 17.1 Å². The van der Waals surface area contributed by atoms with Gasteiger partial charge in [0.15, 0.2) is 6.10 Å². The molecule has 0 aliphatic rings. The van der Waals surface area contributed by atoms with Crippen molar-refractivity contribution in [2.75, 3.05) is 7.11 Å². The zero-order valence-corrected chi connectivity index (χ0v) is 10.0. The van der Waals surface area contributed by atoms with E-state index in [1.54, 1.807) is 6.92 Å². The van der Waals surface area contributed by atoms with Gasteiger partial charge in [0.05, 0.1) is 7.11 Å². The number of aromatic carboxylic acids is 1. The molecule has 6 heteroatoms. The predicted molar refractivity (Wildman–Crippen MR) is 62.3 cm³/mol. The Labute approximate surface area is 104 Å². The Hall–Kier alpha value is -2.24. The van der Waals surface area contributed by atoms with E-state index in [2.05, 4.69) is 0 Å². The van der Waals surface area contributed by atoms with Crippen LogP contribution in [-0.4, -0.2) is 35.4 Å². The van der Waals surface area contributed by atoms with Crippen molar-refractivity contribution in [3.05, 3.63) is 23.8 Å². The van der Waals surface area contributed by atoms with E-state index in [4.69, 9.17) is 19.7 Å². The summed E-state index contributed by atoms with van der Waals surface area (Å²) in [6, 6.07) is 4.18. The lowest BCUT2D eigenvalue weighted by Gasteiger charge is -2.15. The Morgan fingerprint density at radius 3 is 2.44 bits per heavy atom. The monoisotopic (exact) mass is 254 g/mol. The van der Waals surface area contributed by atoms with Gasteiger partial charge in [-0.2, -0.15) is 0 Å². The van der Waals surface area contributed by atoms with Gasteiger partial charge >= 0.3 is 11.9 Å². The second kappa shape index (κ2) is 5.90. The van der Waals surface area contributed by atoms with Gasteiger partial charge in [-0.25, -0.2) is 9.59 Å². The fourth-order valence-electron chi connectivity index (χ4n) is 1.37. The van der Waals surface area contributed by atoms with Crippen LogP contribution in [0, 0.1) is 0 Å². The van der Waals surface area contributed by atoms with Gasteiger partial charge in [0, 0.05) is 0 Å². The van der Waals surface area contributed by atoms with Crippen molar-refractivity contribution in [2.45, 2.75) is 19.4 Å². The Kier molecular flexibility index (Phi) is 4.53. The Morgan fingerprint density at radius 1 is 1.33 bits per heavy atom. The topological polar surface area (TPSA) is 93.1 Å². The number of methoxy groups -OCH3 is 1. The molecule has 0 radical (unpaired) electrons. The number of hydrogen-bond donors (Lipinski definition) is 2. The van der Waals surface area contributed by atoms with E-state index < -0.39 is 18.0 Å². The fraction of sp³-hybridized carbons (Fsp3) is 0.333. The third-order valence-corrected chi connectivity index (χ3v) is 2.33. The highest BCUT2D eigenvalue weighted by Crippen LogP contribution is 2.25. The fourth-order valence-corrected chi connectivity index (χ4v) is 1.37. The number of rotatable bonds is 6. The van der Waals surface area contributed by atoms with Crippen molar-refractivity contribution in [2.24, 2.45) is 0 Å². The highest BCUT2D eigenvalue weighted by Gasteiger charge is 2.21. The molecule has 0 saturated heterocycles. The molecule has 0 saturated carbocycles. The third kappa shape index (κ3) is 3.13. The third-order valence-electron chi connectivity index (χ3n) is 2.33. The van der Waals surface area contributed by atoms with E-state index in [1.165, 1.54) is 25.3 Å². The van der Waals surface area contributed by atoms with E-state index in [0.29, 0.717) is 5.75 Å². The lowest BCUT2D eigenvalue weighted by atomic mass is 10.2. The van der Waals surface area contributed by atoms with Crippen molar-refractivity contribution in [1.82, 2.24) is 0 Å². The Morgan fingerprint density at radius 2 is 2.00 bits per heavy atom. The van der Waals surface area contributed by atoms with E-state index in [1.807, 2.05) is 0 Å². The van der Waals surface area contributed by atoms with E-state index in [0.717, 1.165) is 0 Å². The number of aliphatic carboxylic acids is 1. The van der Waals surface area contributed by atoms with Crippen LogP contribution in [0.25, 0.3) is 0 Å². The first-order valence-electron chi connectivity index (χ1n) is 5.30. The molecule has 98 valence electrons. The van der Waals surface area contributed by atoms with Gasteiger partial charge < -0.3 is 19.7 Å². The molecule has 0 aliphatic heterocycles. The highest BCUT2D eigenvalue weighted by molar-refractivity contribution is 5.91. The van der Waals surface area contributed by atoms with Crippen molar-refractivity contribution in [3.8, 4) is 11.5 Å². The predicted octanol–water partition coefficient (Wildman–Crippen LogP) is 1.64. The van der Waals surface area contributed by atoms with E-state index >= 15 is 0 Å². The smallest absolute Gasteiger partial charge is 0.344 e. The summed E-state index contributed by atoms with van der Waals surface area (Å²) < 4.78 is 10.1. The normalized spacial score (nSPS) is 11.7. The number of benzene rings is 1. The lowest BCUT2D eigenvalue weighted by molar-refractivity contribution is -0.145. The number of ether oxygens (including phenoxy) is 2. The molecule has 6 nitrogen and oxygen atoms in total. The average Bonchev–Trinajstić information content (AvgIpc) is 2.35. The quantitative estimate of drug-likeness (QED) is 0.801. The molecule has 2 N–H and O–H groups in total. The van der Waals surface area contributed by atoms with Crippen LogP contribution in [0.2, 0.25) is 0 Å². The van der Waals surface area contributed by atoms with Gasteiger partial charge in [-0.05, 0) is 24.6 Å². The molecule has 0 fully saturated rings. The van der Waals surface area contributed by atoms with Gasteiger partial charge in [-0.15, -0.1) is 0 Å². The Bertz CT molecular complexity index is 454. The molecule has 0 bridgehead atoms. The summed E-state index contributed by atoms with van der Waals surface area (Å²) in [5.41, 5.74) is -0.131. The van der Waals surface area contributed by atoms with Gasteiger partial charge in [0.2, 0.25) is 0 Å². The number of carboxylic acid groups (broad SMARTS) is 2. The standard InChI is InChI=1S/C12H14O6/c1-3-9(12(15)16)18-10-5-4-7(17-2)6-8(10)11(13)14/h4-6,9H,3H2,1-2H3,(H,13,14)(H,15,16). The zero-order valence-electron chi connectivity index (χ0n) is 10.0. The number of carbonyl (C=O) groups is 2. The number of carboxylic acids is 2. The van der Waals surface area contributed by atoms with Gasteiger partial charge in [-0.1, -0.05) is 6.92 Å². The zero-order chi connectivity index (χ0) is 13.7. The maximum absolute atomic E-state index is 11.0. The molecule has 1 atom stereocenters. The van der Waals surface area contributed by atoms with Gasteiger partial charge in [0.25, 0.3) is 0 Å². The first kappa shape index (κ1) is 13.8. The molecule has 0 aromatic heterocycles. The van der Waals surface area contributed by atoms with Crippen LogP contribution < -0.4 is 9.47 Å². The summed E-state index contributed by atoms with van der Waals surface area (Å²) in [7, 11) is 1.41. The first-order valence-corrected chi connectivity index (χ1v) is 5.30. The second-order valence-corrected chi connectivity index (χ2v) is 3.52. The molecule has 0 spiro atoms. The minimum atomic E-state index is -1.20. The van der Waals surface area contributed by atoms with Crippen LogP contribution in [0.3, 0.4) is 0 Å². The maximum Gasteiger partial charge on any atom is 0.344 e. The van der Waals surface area contributed by atoms with Crippen molar-refractivity contribution in [1.29, 1.82) is 0 Å². The van der Waals surface area contributed by atoms with E-state index in [9.17, 15) is 9.59 Å². The van der Waals surface area contributed by atoms with Crippen molar-refractivity contribution >= 4 is 11.9 Å². The van der Waals surface area contributed by atoms with Crippen molar-refractivity contribution in [3.63, 3.8) is 0 Å². The molecule has 1 aromatic carbocycles. The molecule has 0 aliphatic carbocycles. The van der Waals surface area contributed by atoms with Crippen LogP contribution in [0.1, 0.15) is 23.7 Å². The summed E-state index contributed by atoms with van der Waals surface area (Å²) in [5, 5.41) is 17.9. The molecule has 0 heterocycles. The lowest BCUT2D eigenvalue weighted by Crippen LogP contribution is -2.26. The minimum absolute atomic E-state index is 0.0116. The summed E-state index contributed by atoms with van der Waals surface area (Å²) in [6.45, 7) is 1.64. The van der Waals surface area contributed by atoms with Crippen LogP contribution in [0.4, 0.5) is 0 Å². The molecule has 0 amide bonds.